The van der Waals surface area contributed by atoms with Gasteiger partial charge in [-0.25, -0.2) is 0 Å². The van der Waals surface area contributed by atoms with Crippen molar-refractivity contribution in [2.45, 2.75) is 19.4 Å². The summed E-state index contributed by atoms with van der Waals surface area (Å²) in [6, 6.07) is 18.6. The molecule has 0 spiro atoms. The molecule has 0 amide bonds. The molecule has 0 saturated carbocycles. The molecule has 144 valence electrons. The highest BCUT2D eigenvalue weighted by atomic mass is 35.5. The van der Waals surface area contributed by atoms with Crippen LogP contribution in [-0.2, 0) is 23.8 Å². The van der Waals surface area contributed by atoms with Crippen molar-refractivity contribution in [1.29, 1.82) is 0 Å². The minimum atomic E-state index is -1.01. The first kappa shape index (κ1) is 19.6. The zero-order valence-electron chi connectivity index (χ0n) is 15.9. The maximum absolute atomic E-state index is 12.2. The Morgan fingerprint density at radius 1 is 1.07 bits per heavy atom. The van der Waals surface area contributed by atoms with Gasteiger partial charge < -0.3 is 4.57 Å². The number of halogens is 1. The van der Waals surface area contributed by atoms with Gasteiger partial charge >= 0.3 is 0 Å². The third kappa shape index (κ3) is 3.61. The molecule has 3 aromatic rings. The van der Waals surface area contributed by atoms with Crippen molar-refractivity contribution in [3.63, 3.8) is 0 Å². The molecule has 28 heavy (non-hydrogen) atoms. The lowest BCUT2D eigenvalue weighted by molar-refractivity contribution is 0.691. The predicted molar refractivity (Wildman–Crippen MR) is 124 cm³/mol. The topological polar surface area (TPSA) is 22.0 Å². The molecule has 1 aliphatic rings. The first-order chi connectivity index (χ1) is 13.6. The Hall–Kier alpha value is -1.75. The molecule has 0 aliphatic carbocycles. The van der Waals surface area contributed by atoms with Crippen LogP contribution in [0.2, 0.25) is 5.02 Å². The number of fused-ring (bicyclic) bond motifs is 1. The molecule has 2 aromatic carbocycles. The van der Waals surface area contributed by atoms with Gasteiger partial charge in [-0.15, -0.1) is 11.8 Å². The maximum atomic E-state index is 12.2. The van der Waals surface area contributed by atoms with Gasteiger partial charge in [0.2, 0.25) is 0 Å². The quantitative estimate of drug-likeness (QED) is 0.466. The molecular weight excluding hydrogens is 406 g/mol. The normalized spacial score (nSPS) is 14.9. The second-order valence-electron chi connectivity index (χ2n) is 6.83. The van der Waals surface area contributed by atoms with Gasteiger partial charge in [0.25, 0.3) is 0 Å². The lowest BCUT2D eigenvalue weighted by atomic mass is 9.94. The largest absolute Gasteiger partial charge is 0.344 e. The molecule has 1 aliphatic heterocycles. The third-order valence-corrected chi connectivity index (χ3v) is 7.80. The van der Waals surface area contributed by atoms with Crippen LogP contribution in [0, 0.1) is 0 Å². The summed E-state index contributed by atoms with van der Waals surface area (Å²) in [5, 5.41) is 0.730. The first-order valence-corrected chi connectivity index (χ1v) is 12.4. The maximum Gasteiger partial charge on any atom is 0.0731 e. The van der Waals surface area contributed by atoms with Crippen molar-refractivity contribution in [3.8, 4) is 22.3 Å². The van der Waals surface area contributed by atoms with Crippen LogP contribution in [0.5, 0.6) is 0 Å². The highest BCUT2D eigenvalue weighted by Gasteiger charge is 2.27. The zero-order valence-corrected chi connectivity index (χ0v) is 18.3. The number of aromatic nitrogens is 1. The number of hydrogen-bond acceptors (Lipinski definition) is 2. The summed E-state index contributed by atoms with van der Waals surface area (Å²) in [4.78, 5) is 0. The van der Waals surface area contributed by atoms with Crippen LogP contribution in [-0.4, -0.2) is 21.3 Å². The summed E-state index contributed by atoms with van der Waals surface area (Å²) < 4.78 is 15.5. The number of rotatable bonds is 5. The highest BCUT2D eigenvalue weighted by molar-refractivity contribution is 8.16. The molecule has 0 fully saturated rings. The average Bonchev–Trinajstić information content (AvgIpc) is 3.28. The Kier molecular flexibility index (Phi) is 5.81. The summed E-state index contributed by atoms with van der Waals surface area (Å²) in [5.74, 6) is 0. The van der Waals surface area contributed by atoms with Crippen LogP contribution in [0.3, 0.4) is 0 Å². The molecule has 5 heteroatoms. The highest BCUT2D eigenvalue weighted by Crippen LogP contribution is 2.44. The number of thioether (sulfide) groups is 1. The fourth-order valence-corrected chi connectivity index (χ4v) is 5.53. The van der Waals surface area contributed by atoms with E-state index in [1.807, 2.05) is 18.4 Å². The molecule has 1 aromatic heterocycles. The van der Waals surface area contributed by atoms with Crippen LogP contribution in [0.25, 0.3) is 28.3 Å². The SMILES string of the molecule is CS/C(=C\c1c(-c2ccc(Cl)cc2)c(-c2ccccc2)c2n1CCC2)S(C)=O. The van der Waals surface area contributed by atoms with E-state index in [9.17, 15) is 4.21 Å². The minimum absolute atomic E-state index is 0.730. The fourth-order valence-electron chi connectivity index (χ4n) is 3.95. The summed E-state index contributed by atoms with van der Waals surface area (Å²) >= 11 is 7.71. The Balaban J connectivity index is 2.05. The van der Waals surface area contributed by atoms with Gasteiger partial charge in [-0.2, -0.15) is 0 Å². The summed E-state index contributed by atoms with van der Waals surface area (Å²) in [6.07, 6.45) is 8.05. The lowest BCUT2D eigenvalue weighted by Gasteiger charge is -2.10. The molecule has 2 heterocycles. The van der Waals surface area contributed by atoms with Crippen molar-refractivity contribution in [2.75, 3.05) is 12.5 Å². The minimum Gasteiger partial charge on any atom is -0.344 e. The van der Waals surface area contributed by atoms with Crippen molar-refractivity contribution in [3.05, 3.63) is 75.2 Å². The van der Waals surface area contributed by atoms with Gasteiger partial charge in [-0.1, -0.05) is 54.1 Å². The van der Waals surface area contributed by atoms with Crippen LogP contribution in [0.15, 0.2) is 58.8 Å². The van der Waals surface area contributed by atoms with Crippen molar-refractivity contribution < 1.29 is 4.21 Å². The van der Waals surface area contributed by atoms with E-state index in [0.29, 0.717) is 0 Å². The second kappa shape index (κ2) is 8.32. The van der Waals surface area contributed by atoms with E-state index in [2.05, 4.69) is 53.1 Å². The Labute approximate surface area is 178 Å². The predicted octanol–water partition coefficient (Wildman–Crippen LogP) is 6.46. The molecule has 0 saturated heterocycles. The molecule has 4 rings (SSSR count). The van der Waals surface area contributed by atoms with Gasteiger partial charge in [0.1, 0.15) is 0 Å². The van der Waals surface area contributed by atoms with Gasteiger partial charge in [0.05, 0.1) is 20.7 Å². The average molecular weight is 428 g/mol. The van der Waals surface area contributed by atoms with Crippen LogP contribution in [0.4, 0.5) is 0 Å². The first-order valence-electron chi connectivity index (χ1n) is 9.26. The lowest BCUT2D eigenvalue weighted by Crippen LogP contribution is -1.97. The van der Waals surface area contributed by atoms with E-state index in [-0.39, 0.29) is 0 Å². The van der Waals surface area contributed by atoms with Gasteiger partial charge in [-0.3, -0.25) is 4.21 Å². The van der Waals surface area contributed by atoms with E-state index < -0.39 is 10.8 Å². The fraction of sp³-hybridized carbons (Fsp3) is 0.217. The van der Waals surface area contributed by atoms with E-state index in [0.717, 1.165) is 39.9 Å². The summed E-state index contributed by atoms with van der Waals surface area (Å²) in [5.41, 5.74) is 7.36. The number of nitrogens with zero attached hydrogens (tertiary/aromatic N) is 1. The standard InChI is InChI=1S/C23H22ClNOS2/c1-27-21(28(2)26)15-20-23(17-10-12-18(24)13-11-17)22(16-7-4-3-5-8-16)19-9-6-14-25(19)20/h3-5,7-8,10-13,15H,6,9,14H2,1-2H3/b21-15+. The smallest absolute Gasteiger partial charge is 0.0731 e. The number of benzene rings is 2. The summed E-state index contributed by atoms with van der Waals surface area (Å²) in [7, 11) is -1.01. The van der Waals surface area contributed by atoms with E-state index in [1.54, 1.807) is 18.0 Å². The second-order valence-corrected chi connectivity index (χ2v) is 9.72. The Morgan fingerprint density at radius 2 is 1.75 bits per heavy atom. The Morgan fingerprint density at radius 3 is 2.39 bits per heavy atom. The monoisotopic (exact) mass is 427 g/mol. The van der Waals surface area contributed by atoms with E-state index in [4.69, 9.17) is 11.6 Å². The van der Waals surface area contributed by atoms with E-state index in [1.165, 1.54) is 22.4 Å². The molecule has 2 nitrogen and oxygen atoms in total. The van der Waals surface area contributed by atoms with Crippen LogP contribution >= 0.6 is 23.4 Å². The third-order valence-electron chi connectivity index (χ3n) is 5.14. The molecule has 0 N–H and O–H groups in total. The molecule has 1 unspecified atom stereocenters. The van der Waals surface area contributed by atoms with Gasteiger partial charge in [0, 0.05) is 34.6 Å². The van der Waals surface area contributed by atoms with Crippen LogP contribution < -0.4 is 0 Å². The molecule has 1 atom stereocenters. The number of hydrogen-bond donors (Lipinski definition) is 0. The molecule has 0 radical (unpaired) electrons. The van der Waals surface area contributed by atoms with Crippen LogP contribution in [0.1, 0.15) is 17.8 Å². The van der Waals surface area contributed by atoms with Crippen molar-refractivity contribution in [2.24, 2.45) is 0 Å². The molecule has 0 bridgehead atoms. The van der Waals surface area contributed by atoms with E-state index >= 15 is 0 Å². The summed E-state index contributed by atoms with van der Waals surface area (Å²) in [6.45, 7) is 0.993. The van der Waals surface area contributed by atoms with Gasteiger partial charge in [-0.05, 0) is 48.4 Å². The van der Waals surface area contributed by atoms with Crippen molar-refractivity contribution >= 4 is 40.2 Å². The van der Waals surface area contributed by atoms with Crippen molar-refractivity contribution in [1.82, 2.24) is 4.57 Å². The van der Waals surface area contributed by atoms with Gasteiger partial charge in [0.15, 0.2) is 0 Å². The Bertz CT molecular complexity index is 1050. The molecular formula is C23H22ClNOS2. The zero-order chi connectivity index (χ0) is 19.7.